The van der Waals surface area contributed by atoms with E-state index in [-0.39, 0.29) is 46.8 Å². The van der Waals surface area contributed by atoms with Crippen LogP contribution in [0.15, 0.2) is 95.0 Å². The van der Waals surface area contributed by atoms with Gasteiger partial charge in [0.25, 0.3) is 5.56 Å². The van der Waals surface area contributed by atoms with Crippen molar-refractivity contribution in [3.8, 4) is 11.3 Å². The second kappa shape index (κ2) is 14.3. The van der Waals surface area contributed by atoms with Crippen LogP contribution < -0.4 is 5.56 Å². The number of aromatic nitrogens is 4. The molecule has 0 saturated carbocycles. The molecule has 1 aliphatic heterocycles. The molecular weight excluding hydrogens is 659 g/mol. The van der Waals surface area contributed by atoms with Crippen LogP contribution in [0.4, 0.5) is 5.82 Å². The predicted molar refractivity (Wildman–Crippen MR) is 180 cm³/mol. The Labute approximate surface area is 284 Å². The number of ether oxygens (including phenoxy) is 3. The van der Waals surface area contributed by atoms with Crippen LogP contribution in [0, 0.1) is 0 Å². The molecule has 3 heterocycles. The SMILES string of the molecule is CN(C)/C=N/c1ncnc2c1nc(-c1ccccc1)c(=O)n2[C@H]1C[C@H](OC(=O)c2ccc(Cl)cc2)[C@@H](COC(=O)c2ccc(Cl)cc2)O1. The van der Waals surface area contributed by atoms with Gasteiger partial charge in [-0.1, -0.05) is 53.5 Å². The first kappa shape index (κ1) is 32.8. The zero-order valence-electron chi connectivity index (χ0n) is 25.7. The van der Waals surface area contributed by atoms with Gasteiger partial charge in [0.15, 0.2) is 17.0 Å². The van der Waals surface area contributed by atoms with Gasteiger partial charge in [-0.15, -0.1) is 0 Å². The van der Waals surface area contributed by atoms with Crippen LogP contribution in [0.2, 0.25) is 10.0 Å². The van der Waals surface area contributed by atoms with Crippen molar-refractivity contribution < 1.29 is 23.8 Å². The van der Waals surface area contributed by atoms with Crippen LogP contribution in [0.25, 0.3) is 22.4 Å². The van der Waals surface area contributed by atoms with Crippen LogP contribution in [0.5, 0.6) is 0 Å². The first-order valence-corrected chi connectivity index (χ1v) is 15.5. The van der Waals surface area contributed by atoms with E-state index in [4.69, 9.17) is 37.4 Å². The minimum Gasteiger partial charge on any atom is -0.459 e. The van der Waals surface area contributed by atoms with E-state index >= 15 is 0 Å². The summed E-state index contributed by atoms with van der Waals surface area (Å²) in [5.74, 6) is -1.04. The Balaban J connectivity index is 1.39. The third kappa shape index (κ3) is 7.20. The number of carbonyl (C=O) groups excluding carboxylic acids is 2. The zero-order valence-corrected chi connectivity index (χ0v) is 27.2. The second-order valence-corrected chi connectivity index (χ2v) is 11.9. The van der Waals surface area contributed by atoms with Crippen molar-refractivity contribution in [1.29, 1.82) is 0 Å². The number of rotatable bonds is 9. The standard InChI is InChI=1S/C34H28Cl2N6O6/c1-41(2)19-39-30-29-31(38-18-37-30)42(32(43)28(40-29)20-6-4-3-5-7-20)27-16-25(48-34(45)22-10-14-24(36)15-11-22)26(47-27)17-46-33(44)21-8-12-23(35)13-9-21/h3-15,18-19,25-27H,16-17H2,1-2H3/b39-19+/t25-,26+,27+/m0/s1. The largest absolute Gasteiger partial charge is 0.459 e. The highest BCUT2D eigenvalue weighted by Crippen LogP contribution is 2.34. The summed E-state index contributed by atoms with van der Waals surface area (Å²) < 4.78 is 19.2. The molecule has 0 spiro atoms. The number of esters is 2. The van der Waals surface area contributed by atoms with Crippen LogP contribution in [0.3, 0.4) is 0 Å². The molecule has 0 unspecified atom stereocenters. The van der Waals surface area contributed by atoms with E-state index in [1.807, 2.05) is 20.2 Å². The number of aliphatic imine (C=N–C) groups is 1. The van der Waals surface area contributed by atoms with Crippen molar-refractivity contribution in [2.45, 2.75) is 24.9 Å². The van der Waals surface area contributed by atoms with E-state index in [9.17, 15) is 14.4 Å². The molecule has 48 heavy (non-hydrogen) atoms. The van der Waals surface area contributed by atoms with Gasteiger partial charge in [0, 0.05) is 36.1 Å². The lowest BCUT2D eigenvalue weighted by molar-refractivity contribution is -0.0569. The lowest BCUT2D eigenvalue weighted by Crippen LogP contribution is -2.32. The summed E-state index contributed by atoms with van der Waals surface area (Å²) in [5, 5.41) is 0.921. The molecule has 12 nitrogen and oxygen atoms in total. The minimum atomic E-state index is -1.01. The first-order chi connectivity index (χ1) is 23.2. The molecule has 3 aromatic carbocycles. The van der Waals surface area contributed by atoms with Gasteiger partial charge in [-0.25, -0.2) is 29.5 Å². The van der Waals surface area contributed by atoms with Gasteiger partial charge in [-0.3, -0.25) is 9.36 Å². The number of hydrogen-bond donors (Lipinski definition) is 0. The molecule has 3 atom stereocenters. The Morgan fingerprint density at radius 2 is 1.60 bits per heavy atom. The molecule has 0 amide bonds. The maximum atomic E-state index is 14.2. The Morgan fingerprint density at radius 1 is 0.958 bits per heavy atom. The van der Waals surface area contributed by atoms with Crippen molar-refractivity contribution in [2.24, 2.45) is 4.99 Å². The maximum absolute atomic E-state index is 14.2. The Bertz CT molecular complexity index is 2040. The van der Waals surface area contributed by atoms with Gasteiger partial charge >= 0.3 is 11.9 Å². The number of benzene rings is 3. The normalized spacial score (nSPS) is 17.5. The number of fused-ring (bicyclic) bond motifs is 1. The molecule has 1 fully saturated rings. The van der Waals surface area contributed by atoms with Crippen LogP contribution in [-0.2, 0) is 14.2 Å². The Hall–Kier alpha value is -5.17. The molecule has 0 aliphatic carbocycles. The summed E-state index contributed by atoms with van der Waals surface area (Å²) in [6.45, 7) is -0.285. The van der Waals surface area contributed by atoms with E-state index in [0.717, 1.165) is 0 Å². The third-order valence-corrected chi connectivity index (χ3v) is 7.88. The summed E-state index contributed by atoms with van der Waals surface area (Å²) in [7, 11) is 3.62. The molecule has 1 saturated heterocycles. The highest BCUT2D eigenvalue weighted by molar-refractivity contribution is 6.31. The summed E-state index contributed by atoms with van der Waals surface area (Å²) in [6.07, 6.45) is -0.0256. The van der Waals surface area contributed by atoms with E-state index in [0.29, 0.717) is 15.6 Å². The van der Waals surface area contributed by atoms with Gasteiger partial charge in [-0.2, -0.15) is 0 Å². The van der Waals surface area contributed by atoms with Crippen LogP contribution in [-0.4, -0.2) is 75.6 Å². The highest BCUT2D eigenvalue weighted by Gasteiger charge is 2.41. The van der Waals surface area contributed by atoms with E-state index in [1.165, 1.54) is 35.2 Å². The van der Waals surface area contributed by atoms with Crippen LogP contribution in [0.1, 0.15) is 33.4 Å². The number of halogens is 2. The first-order valence-electron chi connectivity index (χ1n) is 14.8. The quantitative estimate of drug-likeness (QED) is 0.107. The van der Waals surface area contributed by atoms with Gasteiger partial charge in [0.05, 0.1) is 17.5 Å². The molecule has 6 rings (SSSR count). The van der Waals surface area contributed by atoms with Gasteiger partial charge in [0.2, 0.25) is 0 Å². The second-order valence-electron chi connectivity index (χ2n) is 11.0. The zero-order chi connectivity index (χ0) is 33.8. The van der Waals surface area contributed by atoms with Crippen molar-refractivity contribution >= 4 is 58.5 Å². The fraction of sp³-hybridized carbons (Fsp3) is 0.206. The average molecular weight is 688 g/mol. The maximum Gasteiger partial charge on any atom is 0.338 e. The van der Waals surface area contributed by atoms with Crippen molar-refractivity contribution in [2.75, 3.05) is 20.7 Å². The number of nitrogens with zero attached hydrogens (tertiary/aromatic N) is 6. The topological polar surface area (TPSA) is 138 Å². The van der Waals surface area contributed by atoms with Gasteiger partial charge in [0.1, 0.15) is 37.1 Å². The predicted octanol–water partition coefficient (Wildman–Crippen LogP) is 5.75. The fourth-order valence-corrected chi connectivity index (χ4v) is 5.33. The minimum absolute atomic E-state index is 0.0239. The van der Waals surface area contributed by atoms with Crippen molar-refractivity contribution in [3.63, 3.8) is 0 Å². The summed E-state index contributed by atoms with van der Waals surface area (Å²) in [4.78, 5) is 59.9. The van der Waals surface area contributed by atoms with E-state index in [1.54, 1.807) is 59.8 Å². The van der Waals surface area contributed by atoms with E-state index in [2.05, 4.69) is 19.9 Å². The fourth-order valence-electron chi connectivity index (χ4n) is 5.07. The number of hydrogen-bond acceptors (Lipinski definition) is 10. The molecule has 1 aliphatic rings. The Morgan fingerprint density at radius 3 is 2.25 bits per heavy atom. The third-order valence-electron chi connectivity index (χ3n) is 7.38. The molecule has 0 radical (unpaired) electrons. The summed E-state index contributed by atoms with van der Waals surface area (Å²) >= 11 is 12.0. The van der Waals surface area contributed by atoms with Crippen molar-refractivity contribution in [3.05, 3.63) is 117 Å². The summed E-state index contributed by atoms with van der Waals surface area (Å²) in [6, 6.07) is 21.4. The smallest absolute Gasteiger partial charge is 0.338 e. The lowest BCUT2D eigenvalue weighted by atomic mass is 10.1. The van der Waals surface area contributed by atoms with E-state index < -0.39 is 35.9 Å². The molecule has 14 heteroatoms. The molecule has 0 N–H and O–H groups in total. The van der Waals surface area contributed by atoms with Gasteiger partial charge in [-0.05, 0) is 48.5 Å². The molecule has 244 valence electrons. The molecule has 2 aromatic heterocycles. The molecule has 0 bridgehead atoms. The van der Waals surface area contributed by atoms with Crippen molar-refractivity contribution in [1.82, 2.24) is 24.4 Å². The van der Waals surface area contributed by atoms with Gasteiger partial charge < -0.3 is 19.1 Å². The van der Waals surface area contributed by atoms with Crippen LogP contribution >= 0.6 is 23.2 Å². The Kier molecular flexibility index (Phi) is 9.76. The monoisotopic (exact) mass is 686 g/mol. The number of carbonyl (C=O) groups is 2. The summed E-state index contributed by atoms with van der Waals surface area (Å²) in [5.41, 5.74) is 1.12. The highest BCUT2D eigenvalue weighted by atomic mass is 35.5. The molecular formula is C34H28Cl2N6O6. The lowest BCUT2D eigenvalue weighted by Gasteiger charge is -2.19. The molecule has 5 aromatic rings. The average Bonchev–Trinajstić information content (AvgIpc) is 3.48.